The molecule has 0 heterocycles. The Kier molecular flexibility index (Phi) is 5.86. The van der Waals surface area contributed by atoms with E-state index in [1.54, 1.807) is 12.1 Å². The van der Waals surface area contributed by atoms with Gasteiger partial charge in [-0.25, -0.2) is 0 Å². The first-order valence-electron chi connectivity index (χ1n) is 8.60. The van der Waals surface area contributed by atoms with Crippen LogP contribution in [0.3, 0.4) is 0 Å². The van der Waals surface area contributed by atoms with Gasteiger partial charge in [-0.15, -0.1) is 0 Å². The number of rotatable bonds is 7. The molecule has 1 amide bonds. The lowest BCUT2D eigenvalue weighted by atomic mass is 10.1. The molecule has 1 aliphatic rings. The van der Waals surface area contributed by atoms with Gasteiger partial charge in [0.1, 0.15) is 12.4 Å². The van der Waals surface area contributed by atoms with Crippen molar-refractivity contribution in [2.24, 2.45) is 0 Å². The number of hydrogen-bond acceptors (Lipinski definition) is 3. The molecule has 2 N–H and O–H groups in total. The van der Waals surface area contributed by atoms with E-state index in [4.69, 9.17) is 4.74 Å². The van der Waals surface area contributed by atoms with Gasteiger partial charge in [-0.05, 0) is 36.1 Å². The summed E-state index contributed by atoms with van der Waals surface area (Å²) < 4.78 is 5.73. The lowest BCUT2D eigenvalue weighted by molar-refractivity contribution is -0.123. The SMILES string of the molecule is O=C(CC(O)c1ccc(OCc2ccccc2)cc1)NC1CC=CC1. The molecule has 4 nitrogen and oxygen atoms in total. The summed E-state index contributed by atoms with van der Waals surface area (Å²) in [5.41, 5.74) is 1.82. The second kappa shape index (κ2) is 8.49. The molecule has 0 aliphatic heterocycles. The summed E-state index contributed by atoms with van der Waals surface area (Å²) in [6.45, 7) is 0.501. The van der Waals surface area contributed by atoms with E-state index in [1.165, 1.54) is 0 Å². The highest BCUT2D eigenvalue weighted by Crippen LogP contribution is 2.21. The lowest BCUT2D eigenvalue weighted by Crippen LogP contribution is -2.33. The molecule has 2 aromatic rings. The summed E-state index contributed by atoms with van der Waals surface area (Å²) in [6, 6.07) is 17.4. The quantitative estimate of drug-likeness (QED) is 0.760. The predicted octanol–water partition coefficient (Wildman–Crippen LogP) is 3.52. The predicted molar refractivity (Wildman–Crippen MR) is 97.1 cm³/mol. The lowest BCUT2D eigenvalue weighted by Gasteiger charge is -2.15. The minimum absolute atomic E-state index is 0.0702. The van der Waals surface area contributed by atoms with E-state index in [1.807, 2.05) is 42.5 Å². The van der Waals surface area contributed by atoms with Crippen LogP contribution in [-0.4, -0.2) is 17.1 Å². The van der Waals surface area contributed by atoms with Gasteiger partial charge in [0.05, 0.1) is 12.5 Å². The molecule has 0 spiro atoms. The number of aliphatic hydroxyl groups excluding tert-OH is 1. The van der Waals surface area contributed by atoms with Gasteiger partial charge >= 0.3 is 0 Å². The van der Waals surface area contributed by atoms with Gasteiger partial charge in [0.15, 0.2) is 0 Å². The van der Waals surface area contributed by atoms with Crippen molar-refractivity contribution in [3.05, 3.63) is 77.9 Å². The third-order valence-electron chi connectivity index (χ3n) is 4.26. The van der Waals surface area contributed by atoms with Crippen molar-refractivity contribution in [2.75, 3.05) is 0 Å². The van der Waals surface area contributed by atoms with Crippen molar-refractivity contribution in [3.63, 3.8) is 0 Å². The molecule has 4 heteroatoms. The summed E-state index contributed by atoms with van der Waals surface area (Å²) in [4.78, 5) is 12.0. The molecule has 0 saturated carbocycles. The Morgan fingerprint density at radius 1 is 1.08 bits per heavy atom. The van der Waals surface area contributed by atoms with E-state index in [0.717, 1.165) is 24.2 Å². The third kappa shape index (κ3) is 5.19. The summed E-state index contributed by atoms with van der Waals surface area (Å²) in [5.74, 6) is 0.617. The Morgan fingerprint density at radius 2 is 1.76 bits per heavy atom. The van der Waals surface area contributed by atoms with Gasteiger partial charge < -0.3 is 15.2 Å². The fourth-order valence-corrected chi connectivity index (χ4v) is 2.84. The third-order valence-corrected chi connectivity index (χ3v) is 4.26. The van der Waals surface area contributed by atoms with Crippen molar-refractivity contribution in [2.45, 2.75) is 38.0 Å². The second-order valence-electron chi connectivity index (χ2n) is 6.27. The summed E-state index contributed by atoms with van der Waals surface area (Å²) in [7, 11) is 0. The molecular formula is C21H23NO3. The first-order valence-corrected chi connectivity index (χ1v) is 8.60. The Balaban J connectivity index is 1.48. The second-order valence-corrected chi connectivity index (χ2v) is 6.27. The van der Waals surface area contributed by atoms with Gasteiger partial charge in [0, 0.05) is 6.04 Å². The highest BCUT2D eigenvalue weighted by Gasteiger charge is 2.17. The molecule has 25 heavy (non-hydrogen) atoms. The van der Waals surface area contributed by atoms with Crippen LogP contribution in [0.1, 0.15) is 36.5 Å². The smallest absolute Gasteiger partial charge is 0.223 e. The zero-order valence-electron chi connectivity index (χ0n) is 14.1. The van der Waals surface area contributed by atoms with Crippen molar-refractivity contribution < 1.29 is 14.6 Å². The van der Waals surface area contributed by atoms with Gasteiger partial charge in [0.25, 0.3) is 0 Å². The first-order chi connectivity index (χ1) is 12.2. The average molecular weight is 337 g/mol. The zero-order chi connectivity index (χ0) is 17.5. The van der Waals surface area contributed by atoms with Crippen molar-refractivity contribution in [1.82, 2.24) is 5.32 Å². The molecule has 1 aliphatic carbocycles. The number of carbonyl (C=O) groups is 1. The highest BCUT2D eigenvalue weighted by atomic mass is 16.5. The molecule has 1 unspecified atom stereocenters. The van der Waals surface area contributed by atoms with E-state index >= 15 is 0 Å². The van der Waals surface area contributed by atoms with Crippen LogP contribution in [0.2, 0.25) is 0 Å². The largest absolute Gasteiger partial charge is 0.489 e. The van der Waals surface area contributed by atoms with Crippen LogP contribution in [0.5, 0.6) is 5.75 Å². The molecule has 3 rings (SSSR count). The highest BCUT2D eigenvalue weighted by molar-refractivity contribution is 5.77. The standard InChI is InChI=1S/C21H23NO3/c23-20(14-21(24)22-18-8-4-5-9-18)17-10-12-19(13-11-17)25-15-16-6-2-1-3-7-16/h1-7,10-13,18,20,23H,8-9,14-15H2,(H,22,24). The number of nitrogens with one attached hydrogen (secondary N) is 1. The van der Waals surface area contributed by atoms with E-state index < -0.39 is 6.10 Å². The molecule has 0 radical (unpaired) electrons. The van der Waals surface area contributed by atoms with Crippen LogP contribution < -0.4 is 10.1 Å². The van der Waals surface area contributed by atoms with Gasteiger partial charge in [-0.1, -0.05) is 54.6 Å². The van der Waals surface area contributed by atoms with E-state index in [0.29, 0.717) is 12.2 Å². The summed E-state index contributed by atoms with van der Waals surface area (Å²) in [6.07, 6.45) is 5.13. The average Bonchev–Trinajstić information content (AvgIpc) is 3.14. The Bertz CT molecular complexity index is 702. The number of benzene rings is 2. The number of amides is 1. The minimum Gasteiger partial charge on any atom is -0.489 e. The monoisotopic (exact) mass is 337 g/mol. The summed E-state index contributed by atoms with van der Waals surface area (Å²) >= 11 is 0. The van der Waals surface area contributed by atoms with E-state index in [-0.39, 0.29) is 18.4 Å². The van der Waals surface area contributed by atoms with Gasteiger partial charge in [-0.3, -0.25) is 4.79 Å². The fourth-order valence-electron chi connectivity index (χ4n) is 2.84. The van der Waals surface area contributed by atoms with Crippen molar-refractivity contribution in [3.8, 4) is 5.75 Å². The fraction of sp³-hybridized carbons (Fsp3) is 0.286. The number of ether oxygens (including phenoxy) is 1. The molecular weight excluding hydrogens is 314 g/mol. The molecule has 0 fully saturated rings. The molecule has 1 atom stereocenters. The molecule has 130 valence electrons. The number of hydrogen-bond donors (Lipinski definition) is 2. The maximum absolute atomic E-state index is 12.0. The minimum atomic E-state index is -0.808. The zero-order valence-corrected chi connectivity index (χ0v) is 14.1. The van der Waals surface area contributed by atoms with Gasteiger partial charge in [-0.2, -0.15) is 0 Å². The molecule has 0 aromatic heterocycles. The topological polar surface area (TPSA) is 58.6 Å². The maximum atomic E-state index is 12.0. The first kappa shape index (κ1) is 17.2. The van der Waals surface area contributed by atoms with Crippen LogP contribution >= 0.6 is 0 Å². The maximum Gasteiger partial charge on any atom is 0.223 e. The number of aliphatic hydroxyl groups is 1. The van der Waals surface area contributed by atoms with Crippen LogP contribution in [0, 0.1) is 0 Å². The number of carbonyl (C=O) groups excluding carboxylic acids is 1. The van der Waals surface area contributed by atoms with Crippen molar-refractivity contribution in [1.29, 1.82) is 0 Å². The molecule has 0 saturated heterocycles. The van der Waals surface area contributed by atoms with Crippen LogP contribution in [0.25, 0.3) is 0 Å². The van der Waals surface area contributed by atoms with Crippen LogP contribution in [-0.2, 0) is 11.4 Å². The molecule has 0 bridgehead atoms. The Labute approximate surface area is 148 Å². The normalized spacial score (nSPS) is 15.1. The van der Waals surface area contributed by atoms with Gasteiger partial charge in [0.2, 0.25) is 5.91 Å². The van der Waals surface area contributed by atoms with Crippen LogP contribution in [0.4, 0.5) is 0 Å². The van der Waals surface area contributed by atoms with E-state index in [9.17, 15) is 9.90 Å². The Morgan fingerprint density at radius 3 is 2.44 bits per heavy atom. The van der Waals surface area contributed by atoms with Crippen LogP contribution in [0.15, 0.2) is 66.7 Å². The molecule has 2 aromatic carbocycles. The Hall–Kier alpha value is -2.59. The van der Waals surface area contributed by atoms with E-state index in [2.05, 4.69) is 17.5 Å². The summed E-state index contributed by atoms with van der Waals surface area (Å²) in [5, 5.41) is 13.2. The van der Waals surface area contributed by atoms with Crippen molar-refractivity contribution >= 4 is 5.91 Å².